The molecular formula is C7H13N3O. The summed E-state index contributed by atoms with van der Waals surface area (Å²) in [7, 11) is 1.67. The number of hydrogen-bond acceptors (Lipinski definition) is 3. The van der Waals surface area contributed by atoms with Crippen molar-refractivity contribution in [2.75, 3.05) is 7.11 Å². The maximum absolute atomic E-state index is 5.00. The molecule has 1 unspecified atom stereocenters. The van der Waals surface area contributed by atoms with E-state index in [1.807, 2.05) is 13.0 Å². The van der Waals surface area contributed by atoms with Crippen LogP contribution < -0.4 is 5.32 Å². The predicted molar refractivity (Wildman–Crippen MR) is 41.9 cm³/mol. The van der Waals surface area contributed by atoms with Crippen molar-refractivity contribution >= 4 is 0 Å². The summed E-state index contributed by atoms with van der Waals surface area (Å²) in [6.07, 6.45) is 1.81. The third-order valence-electron chi connectivity index (χ3n) is 1.49. The number of ether oxygens (including phenoxy) is 1. The van der Waals surface area contributed by atoms with E-state index < -0.39 is 0 Å². The number of methoxy groups -OCH3 is 1. The molecule has 1 atom stereocenters. The molecule has 0 saturated heterocycles. The van der Waals surface area contributed by atoms with Gasteiger partial charge in [0.15, 0.2) is 0 Å². The molecule has 0 aliphatic heterocycles. The summed E-state index contributed by atoms with van der Waals surface area (Å²) in [5, 5.41) is 9.81. The van der Waals surface area contributed by atoms with Gasteiger partial charge in [0.1, 0.15) is 6.23 Å². The summed E-state index contributed by atoms with van der Waals surface area (Å²) in [5.41, 5.74) is 1.06. The number of hydrogen-bond donors (Lipinski definition) is 2. The highest BCUT2D eigenvalue weighted by molar-refractivity contribution is 4.96. The third-order valence-corrected chi connectivity index (χ3v) is 1.49. The number of rotatable bonds is 4. The van der Waals surface area contributed by atoms with Crippen LogP contribution in [0.15, 0.2) is 12.3 Å². The molecule has 2 N–H and O–H groups in total. The zero-order valence-corrected chi connectivity index (χ0v) is 6.79. The number of aromatic amines is 1. The van der Waals surface area contributed by atoms with Gasteiger partial charge >= 0.3 is 0 Å². The molecule has 62 valence electrons. The van der Waals surface area contributed by atoms with Crippen LogP contribution in [0.5, 0.6) is 0 Å². The smallest absolute Gasteiger partial charge is 0.105 e. The van der Waals surface area contributed by atoms with Gasteiger partial charge in [0.2, 0.25) is 0 Å². The summed E-state index contributed by atoms with van der Waals surface area (Å²) in [6.45, 7) is 2.71. The topological polar surface area (TPSA) is 49.9 Å². The first-order valence-electron chi connectivity index (χ1n) is 3.57. The van der Waals surface area contributed by atoms with E-state index in [2.05, 4.69) is 15.5 Å². The second-order valence-electron chi connectivity index (χ2n) is 2.34. The fourth-order valence-corrected chi connectivity index (χ4v) is 0.720. The molecule has 11 heavy (non-hydrogen) atoms. The Morgan fingerprint density at radius 1 is 1.82 bits per heavy atom. The Kier molecular flexibility index (Phi) is 3.07. The van der Waals surface area contributed by atoms with Gasteiger partial charge in [-0.25, -0.2) is 0 Å². The second-order valence-corrected chi connectivity index (χ2v) is 2.34. The van der Waals surface area contributed by atoms with Crippen LogP contribution in [-0.4, -0.2) is 23.5 Å². The summed E-state index contributed by atoms with van der Waals surface area (Å²) < 4.78 is 5.00. The maximum Gasteiger partial charge on any atom is 0.105 e. The van der Waals surface area contributed by atoms with Crippen LogP contribution in [0.2, 0.25) is 0 Å². The molecule has 0 aliphatic rings. The number of nitrogens with one attached hydrogen (secondary N) is 2. The van der Waals surface area contributed by atoms with Crippen molar-refractivity contribution in [1.29, 1.82) is 0 Å². The first-order chi connectivity index (χ1) is 5.33. The largest absolute Gasteiger partial charge is 0.367 e. The standard InChI is InChI=1S/C7H13N3O/c1-6(11-2)8-5-7-3-4-9-10-7/h3-4,6,8H,5H2,1-2H3,(H,9,10). The zero-order chi connectivity index (χ0) is 8.10. The van der Waals surface area contributed by atoms with Crippen molar-refractivity contribution in [3.05, 3.63) is 18.0 Å². The minimum atomic E-state index is 0.0818. The van der Waals surface area contributed by atoms with Gasteiger partial charge in [0.25, 0.3) is 0 Å². The fourth-order valence-electron chi connectivity index (χ4n) is 0.720. The van der Waals surface area contributed by atoms with Crippen LogP contribution >= 0.6 is 0 Å². The summed E-state index contributed by atoms with van der Waals surface area (Å²) in [6, 6.07) is 1.93. The fraction of sp³-hybridized carbons (Fsp3) is 0.571. The normalized spacial score (nSPS) is 13.3. The molecule has 0 aromatic carbocycles. The van der Waals surface area contributed by atoms with Crippen molar-refractivity contribution < 1.29 is 4.74 Å². The monoisotopic (exact) mass is 155 g/mol. The van der Waals surface area contributed by atoms with E-state index in [4.69, 9.17) is 4.74 Å². The van der Waals surface area contributed by atoms with Crippen LogP contribution in [-0.2, 0) is 11.3 Å². The van der Waals surface area contributed by atoms with Gasteiger partial charge in [-0.15, -0.1) is 0 Å². The molecule has 1 heterocycles. The Hall–Kier alpha value is -0.870. The maximum atomic E-state index is 5.00. The molecule has 0 radical (unpaired) electrons. The van der Waals surface area contributed by atoms with Gasteiger partial charge in [-0.2, -0.15) is 5.10 Å². The lowest BCUT2D eigenvalue weighted by Crippen LogP contribution is -2.26. The number of aromatic nitrogens is 2. The van der Waals surface area contributed by atoms with Crippen LogP contribution in [0, 0.1) is 0 Å². The average molecular weight is 155 g/mol. The van der Waals surface area contributed by atoms with Crippen LogP contribution in [0.4, 0.5) is 0 Å². The zero-order valence-electron chi connectivity index (χ0n) is 6.79. The van der Waals surface area contributed by atoms with E-state index in [0.717, 1.165) is 12.2 Å². The van der Waals surface area contributed by atoms with Gasteiger partial charge in [0, 0.05) is 25.5 Å². The number of H-pyrrole nitrogens is 1. The van der Waals surface area contributed by atoms with E-state index in [0.29, 0.717) is 0 Å². The lowest BCUT2D eigenvalue weighted by Gasteiger charge is -2.09. The lowest BCUT2D eigenvalue weighted by atomic mass is 10.4. The Morgan fingerprint density at radius 3 is 3.18 bits per heavy atom. The molecular weight excluding hydrogens is 142 g/mol. The first-order valence-corrected chi connectivity index (χ1v) is 3.57. The highest BCUT2D eigenvalue weighted by atomic mass is 16.5. The Morgan fingerprint density at radius 2 is 2.64 bits per heavy atom. The Balaban J connectivity index is 2.23. The molecule has 0 spiro atoms. The number of nitrogens with zero attached hydrogens (tertiary/aromatic N) is 1. The van der Waals surface area contributed by atoms with Crippen molar-refractivity contribution in [3.63, 3.8) is 0 Å². The Labute approximate surface area is 66.0 Å². The second kappa shape index (κ2) is 4.10. The average Bonchev–Trinajstić information content (AvgIpc) is 2.52. The molecule has 4 heteroatoms. The van der Waals surface area contributed by atoms with Gasteiger partial charge in [-0.1, -0.05) is 0 Å². The van der Waals surface area contributed by atoms with Crippen molar-refractivity contribution in [1.82, 2.24) is 15.5 Å². The Bertz CT molecular complexity index is 186. The van der Waals surface area contributed by atoms with Crippen LogP contribution in [0.1, 0.15) is 12.6 Å². The van der Waals surface area contributed by atoms with Gasteiger partial charge in [0.05, 0.1) is 0 Å². The van der Waals surface area contributed by atoms with E-state index in [9.17, 15) is 0 Å². The quantitative estimate of drug-likeness (QED) is 0.622. The summed E-state index contributed by atoms with van der Waals surface area (Å²) >= 11 is 0. The van der Waals surface area contributed by atoms with Crippen molar-refractivity contribution in [2.24, 2.45) is 0 Å². The SMILES string of the molecule is COC(C)NCc1ccn[nH]1. The van der Waals surface area contributed by atoms with E-state index in [1.165, 1.54) is 0 Å². The first kappa shape index (κ1) is 8.23. The minimum Gasteiger partial charge on any atom is -0.367 e. The van der Waals surface area contributed by atoms with Crippen molar-refractivity contribution in [2.45, 2.75) is 19.7 Å². The minimum absolute atomic E-state index is 0.0818. The predicted octanol–water partition coefficient (Wildman–Crippen LogP) is 0.492. The highest BCUT2D eigenvalue weighted by Crippen LogP contribution is 1.91. The van der Waals surface area contributed by atoms with E-state index in [1.54, 1.807) is 13.3 Å². The van der Waals surface area contributed by atoms with Gasteiger partial charge < -0.3 is 4.74 Å². The molecule has 0 bridgehead atoms. The van der Waals surface area contributed by atoms with Crippen molar-refractivity contribution in [3.8, 4) is 0 Å². The molecule has 1 aromatic heterocycles. The summed E-state index contributed by atoms with van der Waals surface area (Å²) in [5.74, 6) is 0. The molecule has 1 aromatic rings. The summed E-state index contributed by atoms with van der Waals surface area (Å²) in [4.78, 5) is 0. The van der Waals surface area contributed by atoms with Crippen LogP contribution in [0.3, 0.4) is 0 Å². The molecule has 1 rings (SSSR count). The molecule has 0 amide bonds. The molecule has 0 fully saturated rings. The van der Waals surface area contributed by atoms with Crippen LogP contribution in [0.25, 0.3) is 0 Å². The lowest BCUT2D eigenvalue weighted by molar-refractivity contribution is 0.0876. The van der Waals surface area contributed by atoms with E-state index >= 15 is 0 Å². The van der Waals surface area contributed by atoms with Gasteiger partial charge in [-0.3, -0.25) is 10.4 Å². The van der Waals surface area contributed by atoms with Gasteiger partial charge in [-0.05, 0) is 13.0 Å². The van der Waals surface area contributed by atoms with E-state index in [-0.39, 0.29) is 6.23 Å². The molecule has 4 nitrogen and oxygen atoms in total. The third kappa shape index (κ3) is 2.69. The molecule has 0 saturated carbocycles. The molecule has 0 aliphatic carbocycles. The highest BCUT2D eigenvalue weighted by Gasteiger charge is 1.97.